The Kier molecular flexibility index (Phi) is 7.18. The average Bonchev–Trinajstić information content (AvgIpc) is 2.47. The van der Waals surface area contributed by atoms with Crippen LogP contribution < -0.4 is 19.9 Å². The lowest BCUT2D eigenvalue weighted by Crippen LogP contribution is -2.21. The Morgan fingerprint density at radius 2 is 1.70 bits per heavy atom. The normalized spacial score (nSPS) is 12.1. The van der Waals surface area contributed by atoms with Crippen molar-refractivity contribution < 1.29 is 18.9 Å². The molecule has 1 aromatic rings. The smallest absolute Gasteiger partial charge is 0.206 e. The van der Waals surface area contributed by atoms with E-state index in [1.807, 2.05) is 19.1 Å². The van der Waals surface area contributed by atoms with Crippen molar-refractivity contribution >= 4 is 0 Å². The van der Waals surface area contributed by atoms with E-state index in [2.05, 4.69) is 6.92 Å². The van der Waals surface area contributed by atoms with Gasteiger partial charge < -0.3 is 24.7 Å². The Balaban J connectivity index is 2.98. The first-order valence-electron chi connectivity index (χ1n) is 6.87. The van der Waals surface area contributed by atoms with Crippen LogP contribution in [-0.2, 0) is 11.2 Å². The first-order valence-corrected chi connectivity index (χ1v) is 6.87. The molecule has 0 bridgehead atoms. The number of nitrogens with two attached hydrogens (primary N) is 1. The van der Waals surface area contributed by atoms with E-state index in [0.717, 1.165) is 18.4 Å². The second-order valence-corrected chi connectivity index (χ2v) is 4.46. The predicted octanol–water partition coefficient (Wildman–Crippen LogP) is 2.36. The van der Waals surface area contributed by atoms with E-state index in [1.54, 1.807) is 14.2 Å². The molecule has 1 rings (SSSR count). The van der Waals surface area contributed by atoms with Gasteiger partial charge in [-0.3, -0.25) is 0 Å². The summed E-state index contributed by atoms with van der Waals surface area (Å²) in [5, 5.41) is 0. The minimum absolute atomic E-state index is 0.125. The zero-order valence-corrected chi connectivity index (χ0v) is 12.8. The molecule has 0 aliphatic rings. The minimum Gasteiger partial charge on any atom is -0.493 e. The van der Waals surface area contributed by atoms with Gasteiger partial charge in [0.1, 0.15) is 0 Å². The largest absolute Gasteiger partial charge is 0.493 e. The van der Waals surface area contributed by atoms with Crippen LogP contribution in [0.3, 0.4) is 0 Å². The van der Waals surface area contributed by atoms with Gasteiger partial charge in [0.05, 0.1) is 14.2 Å². The molecule has 1 unspecified atom stereocenters. The second-order valence-electron chi connectivity index (χ2n) is 4.46. The maximum absolute atomic E-state index is 5.99. The number of ether oxygens (including phenoxy) is 4. The lowest BCUT2D eigenvalue weighted by atomic mass is 10.0. The van der Waals surface area contributed by atoms with Crippen LogP contribution in [0, 0.1) is 0 Å². The molecule has 2 N–H and O–H groups in total. The molecule has 0 aliphatic heterocycles. The zero-order chi connectivity index (χ0) is 15.0. The van der Waals surface area contributed by atoms with Gasteiger partial charge in [0, 0.05) is 12.6 Å². The lowest BCUT2D eigenvalue weighted by molar-refractivity contribution is 0.0193. The van der Waals surface area contributed by atoms with Crippen LogP contribution in [0.1, 0.15) is 25.8 Å². The fourth-order valence-electron chi connectivity index (χ4n) is 1.83. The highest BCUT2D eigenvalue weighted by Gasteiger charge is 2.15. The van der Waals surface area contributed by atoms with Gasteiger partial charge in [-0.2, -0.15) is 0 Å². The molecule has 0 amide bonds. The summed E-state index contributed by atoms with van der Waals surface area (Å²) in [6, 6.07) is 3.98. The number of rotatable bonds is 9. The summed E-state index contributed by atoms with van der Waals surface area (Å²) in [5.74, 6) is 1.81. The van der Waals surface area contributed by atoms with Gasteiger partial charge in [0.15, 0.2) is 18.3 Å². The van der Waals surface area contributed by atoms with Crippen molar-refractivity contribution in [3.05, 3.63) is 17.7 Å². The molecular weight excluding hydrogens is 258 g/mol. The van der Waals surface area contributed by atoms with Crippen molar-refractivity contribution in [2.45, 2.75) is 32.7 Å². The van der Waals surface area contributed by atoms with Crippen LogP contribution in [0.5, 0.6) is 17.2 Å². The molecule has 5 nitrogen and oxygen atoms in total. The van der Waals surface area contributed by atoms with E-state index in [9.17, 15) is 0 Å². The van der Waals surface area contributed by atoms with Crippen LogP contribution in [0.15, 0.2) is 12.1 Å². The van der Waals surface area contributed by atoms with Crippen LogP contribution in [-0.4, -0.2) is 33.7 Å². The zero-order valence-electron chi connectivity index (χ0n) is 12.8. The highest BCUT2D eigenvalue weighted by molar-refractivity contribution is 5.54. The number of benzene rings is 1. The van der Waals surface area contributed by atoms with Crippen molar-refractivity contribution in [3.63, 3.8) is 0 Å². The third-order valence-corrected chi connectivity index (χ3v) is 3.03. The van der Waals surface area contributed by atoms with Crippen LogP contribution in [0.25, 0.3) is 0 Å². The van der Waals surface area contributed by atoms with Crippen LogP contribution in [0.4, 0.5) is 0 Å². The molecule has 1 aromatic carbocycles. The van der Waals surface area contributed by atoms with E-state index < -0.39 is 0 Å². The van der Waals surface area contributed by atoms with Gasteiger partial charge >= 0.3 is 0 Å². The maximum atomic E-state index is 5.99. The average molecular weight is 283 g/mol. The van der Waals surface area contributed by atoms with Crippen LogP contribution >= 0.6 is 0 Å². The topological polar surface area (TPSA) is 62.9 Å². The van der Waals surface area contributed by atoms with Crippen molar-refractivity contribution in [1.29, 1.82) is 0 Å². The predicted molar refractivity (Wildman–Crippen MR) is 78.6 cm³/mol. The molecule has 0 aromatic heterocycles. The number of hydrogen-bond acceptors (Lipinski definition) is 5. The van der Waals surface area contributed by atoms with E-state index >= 15 is 0 Å². The summed E-state index contributed by atoms with van der Waals surface area (Å²) in [4.78, 5) is 0. The summed E-state index contributed by atoms with van der Waals surface area (Å²) >= 11 is 0. The molecule has 0 saturated heterocycles. The van der Waals surface area contributed by atoms with E-state index in [1.165, 1.54) is 0 Å². The standard InChI is InChI=1S/C15H25NO4/c1-5-12(16)7-11-8-13(17-3)15(14(9-11)18-4)20-10-19-6-2/h8-9,12H,5-7,10,16H2,1-4H3. The van der Waals surface area contributed by atoms with Crippen molar-refractivity contribution in [2.75, 3.05) is 27.6 Å². The third kappa shape index (κ3) is 4.58. The van der Waals surface area contributed by atoms with E-state index in [0.29, 0.717) is 23.9 Å². The molecule has 0 saturated carbocycles. The van der Waals surface area contributed by atoms with E-state index in [4.69, 9.17) is 24.7 Å². The van der Waals surface area contributed by atoms with Gasteiger partial charge in [0.25, 0.3) is 0 Å². The van der Waals surface area contributed by atoms with Crippen LogP contribution in [0.2, 0.25) is 0 Å². The van der Waals surface area contributed by atoms with Gasteiger partial charge in [-0.25, -0.2) is 0 Å². The minimum atomic E-state index is 0.125. The van der Waals surface area contributed by atoms with Crippen molar-refractivity contribution in [1.82, 2.24) is 0 Å². The molecule has 5 heteroatoms. The van der Waals surface area contributed by atoms with Gasteiger partial charge in [-0.05, 0) is 37.5 Å². The fourth-order valence-corrected chi connectivity index (χ4v) is 1.83. The fraction of sp³-hybridized carbons (Fsp3) is 0.600. The molecule has 20 heavy (non-hydrogen) atoms. The van der Waals surface area contributed by atoms with Crippen molar-refractivity contribution in [2.24, 2.45) is 5.73 Å². The van der Waals surface area contributed by atoms with Gasteiger partial charge in [-0.15, -0.1) is 0 Å². The highest BCUT2D eigenvalue weighted by atomic mass is 16.7. The Hall–Kier alpha value is -1.46. The Labute approximate surface area is 121 Å². The SMILES string of the molecule is CCOCOc1c(OC)cc(CC(N)CC)cc1OC. The third-order valence-electron chi connectivity index (χ3n) is 3.03. The summed E-state index contributed by atoms with van der Waals surface area (Å²) in [6.45, 7) is 4.73. The second kappa shape index (κ2) is 8.66. The summed E-state index contributed by atoms with van der Waals surface area (Å²) in [5.41, 5.74) is 7.06. The Bertz CT molecular complexity index is 384. The molecule has 0 fully saturated rings. The molecule has 1 atom stereocenters. The highest BCUT2D eigenvalue weighted by Crippen LogP contribution is 2.38. The lowest BCUT2D eigenvalue weighted by Gasteiger charge is -2.17. The maximum Gasteiger partial charge on any atom is 0.206 e. The quantitative estimate of drug-likeness (QED) is 0.557. The Morgan fingerprint density at radius 1 is 1.10 bits per heavy atom. The van der Waals surface area contributed by atoms with Gasteiger partial charge in [0.2, 0.25) is 5.75 Å². The molecular formula is C15H25NO4. The number of hydrogen-bond donors (Lipinski definition) is 1. The summed E-state index contributed by atoms with van der Waals surface area (Å²) < 4.78 is 21.5. The summed E-state index contributed by atoms with van der Waals surface area (Å²) in [6.07, 6.45) is 1.70. The molecule has 0 heterocycles. The first kappa shape index (κ1) is 16.6. The van der Waals surface area contributed by atoms with Crippen molar-refractivity contribution in [3.8, 4) is 17.2 Å². The first-order chi connectivity index (χ1) is 9.65. The molecule has 0 spiro atoms. The Morgan fingerprint density at radius 3 is 2.15 bits per heavy atom. The van der Waals surface area contributed by atoms with E-state index in [-0.39, 0.29) is 12.8 Å². The molecule has 114 valence electrons. The number of methoxy groups -OCH3 is 2. The molecule has 0 radical (unpaired) electrons. The summed E-state index contributed by atoms with van der Waals surface area (Å²) in [7, 11) is 3.21. The molecule has 0 aliphatic carbocycles. The monoisotopic (exact) mass is 283 g/mol. The van der Waals surface area contributed by atoms with Gasteiger partial charge in [-0.1, -0.05) is 6.92 Å².